The van der Waals surface area contributed by atoms with Gasteiger partial charge in [-0.3, -0.25) is 0 Å². The zero-order valence-corrected chi connectivity index (χ0v) is 21.8. The van der Waals surface area contributed by atoms with Crippen LogP contribution in [-0.2, 0) is 0 Å². The number of benzene rings is 5. The van der Waals surface area contributed by atoms with Crippen molar-refractivity contribution in [2.24, 2.45) is 0 Å². The van der Waals surface area contributed by atoms with Gasteiger partial charge in [-0.2, -0.15) is 0 Å². The molecule has 0 aromatic heterocycles. The van der Waals surface area contributed by atoms with Crippen molar-refractivity contribution >= 4 is 35.7 Å². The molecule has 0 bridgehead atoms. The number of hydrogen-bond acceptors (Lipinski definition) is 1. The molecule has 0 fully saturated rings. The van der Waals surface area contributed by atoms with Crippen LogP contribution in [0.4, 0.5) is 11.4 Å². The molecule has 0 aliphatic heterocycles. The summed E-state index contributed by atoms with van der Waals surface area (Å²) in [4.78, 5) is 0. The number of rotatable bonds is 6. The quantitative estimate of drug-likeness (QED) is 0.228. The van der Waals surface area contributed by atoms with Gasteiger partial charge in [0.1, 0.15) is 8.80 Å². The zero-order valence-electron chi connectivity index (χ0n) is 20.6. The predicted molar refractivity (Wildman–Crippen MR) is 155 cm³/mol. The molecule has 5 aromatic carbocycles. The second-order valence-corrected chi connectivity index (χ2v) is 12.2. The van der Waals surface area contributed by atoms with Gasteiger partial charge in [0.05, 0.1) is 0 Å². The first kappa shape index (κ1) is 22.9. The molecule has 0 spiro atoms. The van der Waals surface area contributed by atoms with Crippen LogP contribution in [0.1, 0.15) is 16.7 Å². The average molecular weight is 470 g/mol. The van der Waals surface area contributed by atoms with Crippen molar-refractivity contribution in [2.45, 2.75) is 20.8 Å². The fourth-order valence-corrected chi connectivity index (χ4v) is 7.94. The van der Waals surface area contributed by atoms with Crippen LogP contribution < -0.4 is 20.9 Å². The van der Waals surface area contributed by atoms with Crippen LogP contribution in [0.25, 0.3) is 11.1 Å². The maximum Gasteiger partial charge on any atom is 0.132 e. The molecule has 172 valence electrons. The van der Waals surface area contributed by atoms with Crippen molar-refractivity contribution in [1.82, 2.24) is 0 Å². The van der Waals surface area contributed by atoms with E-state index < -0.39 is 8.80 Å². The Morgan fingerprint density at radius 1 is 0.514 bits per heavy atom. The van der Waals surface area contributed by atoms with Gasteiger partial charge in [-0.1, -0.05) is 130 Å². The lowest BCUT2D eigenvalue weighted by atomic mass is 9.96. The first-order valence-corrected chi connectivity index (χ1v) is 14.0. The minimum Gasteiger partial charge on any atom is -0.355 e. The van der Waals surface area contributed by atoms with Crippen molar-refractivity contribution in [3.05, 3.63) is 138 Å². The Hall–Kier alpha value is -3.88. The third-order valence-electron chi connectivity index (χ3n) is 6.66. The number of anilines is 2. The van der Waals surface area contributed by atoms with Crippen LogP contribution in [0.5, 0.6) is 0 Å². The third-order valence-corrected chi connectivity index (χ3v) is 9.81. The molecule has 1 nitrogen and oxygen atoms in total. The third kappa shape index (κ3) is 5.13. The molecule has 35 heavy (non-hydrogen) atoms. The SMILES string of the molecule is Cc1cc(C)cc(-c2cccc(Nc3ccc([SiH](c4ccccc4)c4ccccc4)cc3)c2C)c1. The van der Waals surface area contributed by atoms with Gasteiger partial charge in [0.25, 0.3) is 0 Å². The summed E-state index contributed by atoms with van der Waals surface area (Å²) in [6.45, 7) is 6.53. The van der Waals surface area contributed by atoms with E-state index in [1.54, 1.807) is 0 Å². The van der Waals surface area contributed by atoms with Crippen molar-refractivity contribution < 1.29 is 0 Å². The highest BCUT2D eigenvalue weighted by Crippen LogP contribution is 2.31. The summed E-state index contributed by atoms with van der Waals surface area (Å²) in [6.07, 6.45) is 0. The molecule has 0 unspecified atom stereocenters. The van der Waals surface area contributed by atoms with Gasteiger partial charge in [-0.05, 0) is 55.7 Å². The van der Waals surface area contributed by atoms with E-state index in [4.69, 9.17) is 0 Å². The van der Waals surface area contributed by atoms with Crippen LogP contribution in [0.3, 0.4) is 0 Å². The monoisotopic (exact) mass is 469 g/mol. The first-order valence-electron chi connectivity index (χ1n) is 12.2. The van der Waals surface area contributed by atoms with E-state index in [1.165, 1.54) is 43.4 Å². The van der Waals surface area contributed by atoms with Crippen LogP contribution >= 0.6 is 0 Å². The van der Waals surface area contributed by atoms with Crippen LogP contribution in [-0.4, -0.2) is 8.80 Å². The Bertz CT molecular complexity index is 1360. The lowest BCUT2D eigenvalue weighted by Gasteiger charge is -2.18. The fraction of sp³-hybridized carbons (Fsp3) is 0.0909. The van der Waals surface area contributed by atoms with E-state index in [2.05, 4.69) is 147 Å². The lowest BCUT2D eigenvalue weighted by molar-refractivity contribution is 1.36. The molecular formula is C33H31NSi. The standard InChI is InChI=1S/C33H31NSi/c1-24-21-25(2)23-27(22-24)32-15-10-16-33(26(32)3)34-28-17-19-31(20-18-28)35(29-11-6-4-7-12-29)30-13-8-5-9-14-30/h4-23,34-35H,1-3H3. The Morgan fingerprint density at radius 2 is 1.06 bits per heavy atom. The van der Waals surface area contributed by atoms with E-state index in [1.807, 2.05) is 0 Å². The van der Waals surface area contributed by atoms with Crippen LogP contribution in [0, 0.1) is 20.8 Å². The summed E-state index contributed by atoms with van der Waals surface area (Å²) in [6, 6.07) is 44.3. The van der Waals surface area contributed by atoms with Gasteiger partial charge >= 0.3 is 0 Å². The summed E-state index contributed by atoms with van der Waals surface area (Å²) in [5.41, 5.74) is 8.67. The molecule has 5 rings (SSSR count). The Morgan fingerprint density at radius 3 is 1.63 bits per heavy atom. The minimum absolute atomic E-state index is 1.11. The zero-order chi connectivity index (χ0) is 24.2. The molecule has 0 amide bonds. The van der Waals surface area contributed by atoms with Crippen LogP contribution in [0.2, 0.25) is 0 Å². The van der Waals surface area contributed by atoms with Gasteiger partial charge in [-0.25, -0.2) is 0 Å². The smallest absolute Gasteiger partial charge is 0.132 e. The molecule has 0 radical (unpaired) electrons. The van der Waals surface area contributed by atoms with E-state index in [9.17, 15) is 0 Å². The van der Waals surface area contributed by atoms with Crippen molar-refractivity contribution in [2.75, 3.05) is 5.32 Å². The minimum atomic E-state index is -1.51. The van der Waals surface area contributed by atoms with Gasteiger partial charge in [-0.15, -0.1) is 0 Å². The topological polar surface area (TPSA) is 12.0 Å². The second-order valence-electron chi connectivity index (χ2n) is 9.36. The Labute approximate surface area is 210 Å². The highest BCUT2D eigenvalue weighted by molar-refractivity contribution is 6.95. The van der Waals surface area contributed by atoms with E-state index in [0.29, 0.717) is 0 Å². The van der Waals surface area contributed by atoms with E-state index in [-0.39, 0.29) is 0 Å². The second kappa shape index (κ2) is 10.2. The molecule has 0 heterocycles. The maximum atomic E-state index is 3.67. The van der Waals surface area contributed by atoms with E-state index >= 15 is 0 Å². The highest BCUT2D eigenvalue weighted by atomic mass is 28.3. The van der Waals surface area contributed by atoms with Crippen molar-refractivity contribution in [3.8, 4) is 11.1 Å². The molecule has 0 aliphatic carbocycles. The Balaban J connectivity index is 1.44. The van der Waals surface area contributed by atoms with Gasteiger partial charge in [0.15, 0.2) is 0 Å². The van der Waals surface area contributed by atoms with Crippen molar-refractivity contribution in [3.63, 3.8) is 0 Å². The first-order chi connectivity index (χ1) is 17.1. The summed E-state index contributed by atoms with van der Waals surface area (Å²) in [5, 5.41) is 7.98. The van der Waals surface area contributed by atoms with Gasteiger partial charge in [0, 0.05) is 11.4 Å². The number of hydrogen-bond donors (Lipinski definition) is 1. The lowest BCUT2D eigenvalue weighted by Crippen LogP contribution is -2.51. The molecule has 0 saturated heterocycles. The molecular weight excluding hydrogens is 438 g/mol. The van der Waals surface area contributed by atoms with Crippen LogP contribution in [0.15, 0.2) is 121 Å². The number of aryl methyl sites for hydroxylation is 2. The molecule has 0 atom stereocenters. The maximum absolute atomic E-state index is 3.67. The summed E-state index contributed by atoms with van der Waals surface area (Å²) >= 11 is 0. The summed E-state index contributed by atoms with van der Waals surface area (Å²) in [5.74, 6) is 0. The predicted octanol–water partition coefficient (Wildman–Crippen LogP) is 6.27. The Kier molecular flexibility index (Phi) is 6.65. The normalized spacial score (nSPS) is 11.0. The summed E-state index contributed by atoms with van der Waals surface area (Å²) < 4.78 is 0. The molecule has 1 N–H and O–H groups in total. The van der Waals surface area contributed by atoms with Crippen molar-refractivity contribution in [1.29, 1.82) is 0 Å². The van der Waals surface area contributed by atoms with Gasteiger partial charge in [0.2, 0.25) is 0 Å². The summed E-state index contributed by atoms with van der Waals surface area (Å²) in [7, 11) is -1.51. The van der Waals surface area contributed by atoms with E-state index in [0.717, 1.165) is 11.4 Å². The number of nitrogens with one attached hydrogen (secondary N) is 1. The molecule has 5 aromatic rings. The molecule has 0 saturated carbocycles. The largest absolute Gasteiger partial charge is 0.355 e. The average Bonchev–Trinajstić information content (AvgIpc) is 2.87. The highest BCUT2D eigenvalue weighted by Gasteiger charge is 2.18. The van der Waals surface area contributed by atoms with Gasteiger partial charge < -0.3 is 5.32 Å². The molecule has 2 heteroatoms. The molecule has 0 aliphatic rings. The fourth-order valence-electron chi connectivity index (χ4n) is 5.00.